The van der Waals surface area contributed by atoms with Crippen LogP contribution in [0.25, 0.3) is 22.3 Å². The van der Waals surface area contributed by atoms with E-state index in [9.17, 15) is 19.5 Å². The van der Waals surface area contributed by atoms with E-state index < -0.39 is 29.5 Å². The van der Waals surface area contributed by atoms with Crippen LogP contribution in [-0.4, -0.2) is 117 Å². The van der Waals surface area contributed by atoms with E-state index in [0.717, 1.165) is 61.1 Å². The molecule has 4 aliphatic heterocycles. The van der Waals surface area contributed by atoms with Crippen LogP contribution in [0.3, 0.4) is 0 Å². The summed E-state index contributed by atoms with van der Waals surface area (Å²) in [5.74, 6) is -2.52. The van der Waals surface area contributed by atoms with Crippen LogP contribution in [-0.2, 0) is 18.4 Å². The molecule has 4 aliphatic rings. The number of nitrogens with zero attached hydrogens (tertiary/aromatic N) is 8. The van der Waals surface area contributed by atoms with Crippen molar-refractivity contribution in [3.63, 3.8) is 0 Å². The molecule has 0 saturated carbocycles. The lowest BCUT2D eigenvalue weighted by molar-refractivity contribution is -0.122. The number of hydrogen-bond acceptors (Lipinski definition) is 11. The van der Waals surface area contributed by atoms with Gasteiger partial charge in [0.05, 0.1) is 53.7 Å². The Labute approximate surface area is 357 Å². The third-order valence-electron chi connectivity index (χ3n) is 12.7. The Hall–Kier alpha value is -6.14. The van der Waals surface area contributed by atoms with Crippen LogP contribution in [0.4, 0.5) is 30.9 Å². The smallest absolute Gasteiger partial charge is 0.321 e. The molecule has 3 atom stereocenters. The van der Waals surface area contributed by atoms with Gasteiger partial charge in [0.2, 0.25) is 17.7 Å². The molecule has 16 nitrogen and oxygen atoms in total. The number of carbonyl (C=O) groups excluding carboxylic acids is 3. The average Bonchev–Trinajstić information content (AvgIpc) is 3.79. The van der Waals surface area contributed by atoms with Crippen molar-refractivity contribution in [3.8, 4) is 17.1 Å². The minimum absolute atomic E-state index is 0.0286. The number of imidazole rings is 1. The number of piperazine rings is 1. The van der Waals surface area contributed by atoms with E-state index in [4.69, 9.17) is 14.7 Å². The van der Waals surface area contributed by atoms with Crippen molar-refractivity contribution in [1.29, 1.82) is 0 Å². The molecule has 3 fully saturated rings. The molecule has 3 saturated heterocycles. The first kappa shape index (κ1) is 41.2. The van der Waals surface area contributed by atoms with Crippen LogP contribution in [0.2, 0.25) is 0 Å². The van der Waals surface area contributed by atoms with Crippen molar-refractivity contribution in [2.75, 3.05) is 67.6 Å². The number of ether oxygens (including phenoxy) is 1. The molecule has 0 unspecified atom stereocenters. The molecule has 2 bridgehead atoms. The van der Waals surface area contributed by atoms with Crippen LogP contribution in [0.1, 0.15) is 60.1 Å². The van der Waals surface area contributed by atoms with Crippen molar-refractivity contribution >= 4 is 46.2 Å². The quantitative estimate of drug-likeness (QED) is 0.195. The molecular weight excluding hydrogens is 801 g/mol. The lowest BCUT2D eigenvalue weighted by Gasteiger charge is -2.48. The van der Waals surface area contributed by atoms with Crippen LogP contribution < -0.4 is 30.5 Å². The number of urea groups is 1. The van der Waals surface area contributed by atoms with E-state index >= 15 is 8.78 Å². The van der Waals surface area contributed by atoms with E-state index in [1.54, 1.807) is 23.0 Å². The summed E-state index contributed by atoms with van der Waals surface area (Å²) in [5.41, 5.74) is 5.18. The first-order valence-corrected chi connectivity index (χ1v) is 21.3. The van der Waals surface area contributed by atoms with E-state index in [0.29, 0.717) is 67.3 Å². The number of nitrogens with one attached hydrogen (secondary N) is 3. The number of aliphatic hydroxyl groups excluding tert-OH is 1. The predicted octanol–water partition coefficient (Wildman–Crippen LogP) is 4.55. The maximum absolute atomic E-state index is 15.3. The second kappa shape index (κ2) is 17.0. The summed E-state index contributed by atoms with van der Waals surface area (Å²) in [7, 11) is 1.83. The fourth-order valence-corrected chi connectivity index (χ4v) is 9.53. The van der Waals surface area contributed by atoms with Gasteiger partial charge < -0.3 is 29.5 Å². The number of pyridine rings is 1. The largest absolute Gasteiger partial charge is 0.477 e. The number of piperidine rings is 1. The number of fused-ring (bicyclic) bond motifs is 7. The number of amides is 4. The maximum atomic E-state index is 15.3. The van der Waals surface area contributed by atoms with E-state index in [1.165, 1.54) is 12.1 Å². The summed E-state index contributed by atoms with van der Waals surface area (Å²) in [6.45, 7) is 8.16. The number of aromatic nitrogens is 5. The number of anilines is 3. The molecule has 9 rings (SSSR count). The fraction of sp³-hybridized carbons (Fsp3) is 0.455. The van der Waals surface area contributed by atoms with Gasteiger partial charge in [-0.3, -0.25) is 30.1 Å². The van der Waals surface area contributed by atoms with Gasteiger partial charge in [0.25, 0.3) is 5.91 Å². The van der Waals surface area contributed by atoms with E-state index in [-0.39, 0.29) is 42.6 Å². The number of imide groups is 1. The Morgan fingerprint density at radius 2 is 1.69 bits per heavy atom. The van der Waals surface area contributed by atoms with Gasteiger partial charge in [0, 0.05) is 87.1 Å². The monoisotopic (exact) mass is 851 g/mol. The second-order valence-electron chi connectivity index (χ2n) is 17.0. The number of hydrogen-bond donors (Lipinski definition) is 4. The Kier molecular flexibility index (Phi) is 11.3. The van der Waals surface area contributed by atoms with Crippen molar-refractivity contribution < 1.29 is 33.0 Å². The highest BCUT2D eigenvalue weighted by Crippen LogP contribution is 2.34. The van der Waals surface area contributed by atoms with Gasteiger partial charge in [0.15, 0.2) is 0 Å². The minimum Gasteiger partial charge on any atom is -0.477 e. The first-order valence-electron chi connectivity index (χ1n) is 21.3. The molecule has 0 radical (unpaired) electrons. The lowest BCUT2D eigenvalue weighted by atomic mass is 9.94. The summed E-state index contributed by atoms with van der Waals surface area (Å²) >= 11 is 0. The Morgan fingerprint density at radius 1 is 0.903 bits per heavy atom. The molecule has 7 heterocycles. The molecule has 0 spiro atoms. The topological polar surface area (TPSA) is 175 Å². The van der Waals surface area contributed by atoms with E-state index in [1.807, 2.05) is 31.0 Å². The number of rotatable bonds is 5. The number of aryl methyl sites for hydroxylation is 2. The van der Waals surface area contributed by atoms with Crippen LogP contribution in [0.5, 0.6) is 5.88 Å². The van der Waals surface area contributed by atoms with Gasteiger partial charge in [-0.25, -0.2) is 23.2 Å². The number of carbonyl (C=O) groups is 3. The summed E-state index contributed by atoms with van der Waals surface area (Å²) in [5, 5.41) is 22.7. The number of aliphatic hydroxyl groups is 1. The zero-order valence-electron chi connectivity index (χ0n) is 35.0. The molecule has 4 amide bonds. The molecule has 0 aliphatic carbocycles. The summed E-state index contributed by atoms with van der Waals surface area (Å²) in [6, 6.07) is 11.6. The predicted molar refractivity (Wildman–Crippen MR) is 228 cm³/mol. The molecule has 5 aromatic rings. The van der Waals surface area contributed by atoms with Gasteiger partial charge in [-0.15, -0.1) is 0 Å². The highest BCUT2D eigenvalue weighted by molar-refractivity contribution is 6.05. The zero-order valence-corrected chi connectivity index (χ0v) is 35.0. The highest BCUT2D eigenvalue weighted by atomic mass is 19.1. The standard InChI is InChI=1S/C44H51F2N11O5/c1-25-5-4-14-62-42-32(21-48-53(42)3)37-16-27(15-26(2)49-37)40(59)51-43-50-36-7-6-29(19-38(36)57(43)22-25)55-12-13-56(31(23-55)24-58)28-8-10-54(11-9-28)30-17-34(45)39(35(46)18-30)33-20-47-44(61)52-41(33)60/h6-7,15-19,21,25,28,31,33,58H,4-5,8-14,20,22-24H2,1-3H3,(H,50,51,59)(H2,47,52,60,61)/t25-,31+,33-/m1/s1. The normalized spacial score (nSPS) is 21.9. The van der Waals surface area contributed by atoms with E-state index in [2.05, 4.69) is 48.4 Å². The SMILES string of the molecule is Cc1cc2cc(n1)-c1cnn(C)c1OCCC[C@@H](C)Cn1c(nc3ccc(N4CCN(C5CCN(c6cc(F)c([C@H]7CNC(=O)NC7=O)c(F)c6)CC5)[C@H](CO)C4)cc31)NC2=O. The molecule has 18 heteroatoms. The molecule has 326 valence electrons. The molecular formula is C44H51F2N11O5. The summed E-state index contributed by atoms with van der Waals surface area (Å²) in [6.07, 6.45) is 4.90. The number of halogens is 2. The average molecular weight is 852 g/mol. The summed E-state index contributed by atoms with van der Waals surface area (Å²) < 4.78 is 40.7. The van der Waals surface area contributed by atoms with Crippen molar-refractivity contribution in [2.24, 2.45) is 13.0 Å². The Balaban J connectivity index is 0.898. The molecule has 4 N–H and O–H groups in total. The molecule has 3 aromatic heterocycles. The third-order valence-corrected chi connectivity index (χ3v) is 12.7. The van der Waals surface area contributed by atoms with Gasteiger partial charge >= 0.3 is 6.03 Å². The van der Waals surface area contributed by atoms with Crippen molar-refractivity contribution in [1.82, 2.24) is 39.8 Å². The highest BCUT2D eigenvalue weighted by Gasteiger charge is 2.36. The van der Waals surface area contributed by atoms with Crippen LogP contribution >= 0.6 is 0 Å². The van der Waals surface area contributed by atoms with Crippen molar-refractivity contribution in [3.05, 3.63) is 77.1 Å². The maximum Gasteiger partial charge on any atom is 0.321 e. The van der Waals surface area contributed by atoms with Crippen LogP contribution in [0.15, 0.2) is 48.7 Å². The van der Waals surface area contributed by atoms with Crippen LogP contribution in [0, 0.1) is 24.5 Å². The van der Waals surface area contributed by atoms with Gasteiger partial charge in [-0.2, -0.15) is 5.10 Å². The lowest BCUT2D eigenvalue weighted by Crippen LogP contribution is -2.59. The van der Waals surface area contributed by atoms with Gasteiger partial charge in [-0.1, -0.05) is 6.92 Å². The zero-order chi connectivity index (χ0) is 43.2. The van der Waals surface area contributed by atoms with Gasteiger partial charge in [-0.05, 0) is 81.0 Å². The third kappa shape index (κ3) is 8.03. The van der Waals surface area contributed by atoms with Gasteiger partial charge in [0.1, 0.15) is 11.6 Å². The Bertz CT molecular complexity index is 2510. The number of benzene rings is 2. The minimum atomic E-state index is -1.15. The first-order chi connectivity index (χ1) is 29.9. The summed E-state index contributed by atoms with van der Waals surface area (Å²) in [4.78, 5) is 54.0. The second-order valence-corrected chi connectivity index (χ2v) is 17.0. The molecule has 2 aromatic carbocycles. The Morgan fingerprint density at radius 3 is 2.45 bits per heavy atom. The fourth-order valence-electron chi connectivity index (χ4n) is 9.53. The van der Waals surface area contributed by atoms with Crippen molar-refractivity contribution in [2.45, 2.75) is 64.1 Å². The molecule has 62 heavy (non-hydrogen) atoms.